The quantitative estimate of drug-likeness (QED) is 0.703. The van der Waals surface area contributed by atoms with Crippen LogP contribution in [0.2, 0.25) is 0 Å². The van der Waals surface area contributed by atoms with Crippen LogP contribution in [-0.2, 0) is 6.42 Å². The Labute approximate surface area is 99.8 Å². The first-order valence-corrected chi connectivity index (χ1v) is 5.85. The molecule has 0 aliphatic carbocycles. The molecule has 4 nitrogen and oxygen atoms in total. The summed E-state index contributed by atoms with van der Waals surface area (Å²) in [5.41, 5.74) is 2.14. The molecule has 1 saturated heterocycles. The molecular formula is C13H13N3O. The van der Waals surface area contributed by atoms with E-state index in [-0.39, 0.29) is 11.9 Å². The number of carbonyl (C=O) groups excluding carboxylic acids is 1. The van der Waals surface area contributed by atoms with Crippen molar-refractivity contribution in [3.63, 3.8) is 0 Å². The van der Waals surface area contributed by atoms with E-state index in [0.29, 0.717) is 11.1 Å². The first-order valence-electron chi connectivity index (χ1n) is 5.85. The molecule has 0 saturated carbocycles. The molecule has 3 rings (SSSR count). The lowest BCUT2D eigenvalue weighted by Gasteiger charge is -2.40. The molecule has 1 atom stereocenters. The third-order valence-electron chi connectivity index (χ3n) is 3.55. The van der Waals surface area contributed by atoms with Gasteiger partial charge in [-0.2, -0.15) is 5.26 Å². The Bertz CT molecular complexity index is 518. The van der Waals surface area contributed by atoms with E-state index in [4.69, 9.17) is 5.26 Å². The molecule has 2 heterocycles. The van der Waals surface area contributed by atoms with Crippen LogP contribution in [0.15, 0.2) is 18.2 Å². The zero-order chi connectivity index (χ0) is 11.8. The first kappa shape index (κ1) is 10.3. The minimum Gasteiger partial charge on any atom is -0.333 e. The Hall–Kier alpha value is -1.86. The van der Waals surface area contributed by atoms with Gasteiger partial charge in [-0.3, -0.25) is 4.79 Å². The Balaban J connectivity index is 2.10. The van der Waals surface area contributed by atoms with E-state index < -0.39 is 0 Å². The van der Waals surface area contributed by atoms with Gasteiger partial charge in [0.2, 0.25) is 0 Å². The lowest BCUT2D eigenvalue weighted by atomic mass is 9.89. The summed E-state index contributed by atoms with van der Waals surface area (Å²) in [6, 6.07) is 7.90. The molecule has 1 amide bonds. The summed E-state index contributed by atoms with van der Waals surface area (Å²) < 4.78 is 0. The lowest BCUT2D eigenvalue weighted by molar-refractivity contribution is 0.0606. The van der Waals surface area contributed by atoms with Crippen molar-refractivity contribution in [1.29, 1.82) is 5.26 Å². The summed E-state index contributed by atoms with van der Waals surface area (Å²) in [7, 11) is 0. The highest BCUT2D eigenvalue weighted by Gasteiger charge is 2.35. The van der Waals surface area contributed by atoms with Crippen LogP contribution in [-0.4, -0.2) is 36.5 Å². The summed E-state index contributed by atoms with van der Waals surface area (Å²) in [6.07, 6.45) is 0.851. The topological polar surface area (TPSA) is 56.1 Å². The van der Waals surface area contributed by atoms with E-state index in [1.54, 1.807) is 6.07 Å². The summed E-state index contributed by atoms with van der Waals surface area (Å²) >= 11 is 0. The van der Waals surface area contributed by atoms with Gasteiger partial charge in [0, 0.05) is 25.7 Å². The molecule has 0 radical (unpaired) electrons. The number of nitriles is 1. The number of rotatable bonds is 0. The number of hydrogen-bond donors (Lipinski definition) is 1. The van der Waals surface area contributed by atoms with E-state index in [2.05, 4.69) is 11.4 Å². The largest absolute Gasteiger partial charge is 0.333 e. The second kappa shape index (κ2) is 3.86. The minimum atomic E-state index is 0.0231. The minimum absolute atomic E-state index is 0.0231. The Morgan fingerprint density at radius 2 is 2.35 bits per heavy atom. The number of benzene rings is 1. The maximum absolute atomic E-state index is 12.4. The van der Waals surface area contributed by atoms with Crippen molar-refractivity contribution < 1.29 is 4.79 Å². The molecule has 0 spiro atoms. The van der Waals surface area contributed by atoms with Crippen LogP contribution in [0.25, 0.3) is 0 Å². The number of hydrogen-bond acceptors (Lipinski definition) is 3. The van der Waals surface area contributed by atoms with E-state index in [9.17, 15) is 4.79 Å². The maximum Gasteiger partial charge on any atom is 0.255 e. The number of nitrogens with one attached hydrogen (secondary N) is 1. The molecule has 1 N–H and O–H groups in total. The number of amides is 1. The molecule has 1 aromatic carbocycles. The van der Waals surface area contributed by atoms with Gasteiger partial charge in [0.15, 0.2) is 0 Å². The van der Waals surface area contributed by atoms with Crippen molar-refractivity contribution in [2.75, 3.05) is 19.6 Å². The zero-order valence-electron chi connectivity index (χ0n) is 9.44. The smallest absolute Gasteiger partial charge is 0.255 e. The fourth-order valence-corrected chi connectivity index (χ4v) is 2.72. The standard InChI is InChI=1S/C13H13N3O/c14-7-10-3-1-2-9-6-11-8-15-4-5-16(11)13(17)12(9)10/h1-3,11,15H,4-6,8H2/t11-/m1/s1. The van der Waals surface area contributed by atoms with Crippen LogP contribution >= 0.6 is 0 Å². The third-order valence-corrected chi connectivity index (χ3v) is 3.55. The fourth-order valence-electron chi connectivity index (χ4n) is 2.72. The van der Waals surface area contributed by atoms with E-state index in [1.807, 2.05) is 17.0 Å². The van der Waals surface area contributed by atoms with E-state index in [1.165, 1.54) is 0 Å². The van der Waals surface area contributed by atoms with Crippen LogP contribution < -0.4 is 5.32 Å². The second-order valence-corrected chi connectivity index (χ2v) is 4.51. The van der Waals surface area contributed by atoms with Gasteiger partial charge in [-0.25, -0.2) is 0 Å². The number of carbonyl (C=O) groups is 1. The van der Waals surface area contributed by atoms with Gasteiger partial charge in [-0.05, 0) is 18.1 Å². The SMILES string of the molecule is N#Cc1cccc2c1C(=O)N1CCNC[C@H]1C2. The van der Waals surface area contributed by atoms with Crippen LogP contribution in [0.1, 0.15) is 21.5 Å². The third kappa shape index (κ3) is 1.51. The molecule has 2 aliphatic rings. The molecule has 0 bridgehead atoms. The van der Waals surface area contributed by atoms with Gasteiger partial charge < -0.3 is 10.2 Å². The van der Waals surface area contributed by atoms with Crippen LogP contribution in [0.3, 0.4) is 0 Å². The van der Waals surface area contributed by atoms with E-state index >= 15 is 0 Å². The number of fused-ring (bicyclic) bond motifs is 2. The molecule has 1 fully saturated rings. The van der Waals surface area contributed by atoms with Gasteiger partial charge in [0.05, 0.1) is 17.2 Å². The van der Waals surface area contributed by atoms with Crippen molar-refractivity contribution in [2.24, 2.45) is 0 Å². The molecule has 0 aromatic heterocycles. The molecule has 1 aromatic rings. The predicted octanol–water partition coefficient (Wildman–Crippen LogP) is 0.528. The zero-order valence-corrected chi connectivity index (χ0v) is 9.44. The van der Waals surface area contributed by atoms with Gasteiger partial charge in [0.1, 0.15) is 0 Å². The molecule has 0 unspecified atom stereocenters. The molecule has 4 heteroatoms. The van der Waals surface area contributed by atoms with Crippen molar-refractivity contribution in [3.8, 4) is 6.07 Å². The van der Waals surface area contributed by atoms with Crippen LogP contribution in [0, 0.1) is 11.3 Å². The van der Waals surface area contributed by atoms with Gasteiger partial charge in [-0.1, -0.05) is 12.1 Å². The van der Waals surface area contributed by atoms with Crippen molar-refractivity contribution in [2.45, 2.75) is 12.5 Å². The Morgan fingerprint density at radius 3 is 3.18 bits per heavy atom. The lowest BCUT2D eigenvalue weighted by Crippen LogP contribution is -2.56. The highest BCUT2D eigenvalue weighted by atomic mass is 16.2. The van der Waals surface area contributed by atoms with Gasteiger partial charge >= 0.3 is 0 Å². The highest BCUT2D eigenvalue weighted by molar-refractivity contribution is 5.99. The van der Waals surface area contributed by atoms with E-state index in [0.717, 1.165) is 31.6 Å². The monoisotopic (exact) mass is 227 g/mol. The molecular weight excluding hydrogens is 214 g/mol. The number of nitrogens with zero attached hydrogens (tertiary/aromatic N) is 2. The predicted molar refractivity (Wildman–Crippen MR) is 62.6 cm³/mol. The highest BCUT2D eigenvalue weighted by Crippen LogP contribution is 2.26. The van der Waals surface area contributed by atoms with Crippen LogP contribution in [0.4, 0.5) is 0 Å². The summed E-state index contributed by atoms with van der Waals surface area (Å²) in [5.74, 6) is 0.0231. The average Bonchev–Trinajstić information content (AvgIpc) is 2.38. The summed E-state index contributed by atoms with van der Waals surface area (Å²) in [4.78, 5) is 14.3. The van der Waals surface area contributed by atoms with Gasteiger partial charge in [0.25, 0.3) is 5.91 Å². The summed E-state index contributed by atoms with van der Waals surface area (Å²) in [5, 5.41) is 12.4. The maximum atomic E-state index is 12.4. The molecule has 86 valence electrons. The normalized spacial score (nSPS) is 22.6. The number of piperazine rings is 1. The average molecular weight is 227 g/mol. The van der Waals surface area contributed by atoms with Gasteiger partial charge in [-0.15, -0.1) is 0 Å². The molecule has 17 heavy (non-hydrogen) atoms. The summed E-state index contributed by atoms with van der Waals surface area (Å²) in [6.45, 7) is 2.43. The van der Waals surface area contributed by atoms with Crippen molar-refractivity contribution in [3.05, 3.63) is 34.9 Å². The van der Waals surface area contributed by atoms with Crippen LogP contribution in [0.5, 0.6) is 0 Å². The first-order chi connectivity index (χ1) is 8.31. The fraction of sp³-hybridized carbons (Fsp3) is 0.385. The Morgan fingerprint density at radius 1 is 1.47 bits per heavy atom. The van der Waals surface area contributed by atoms with Crippen molar-refractivity contribution in [1.82, 2.24) is 10.2 Å². The second-order valence-electron chi connectivity index (χ2n) is 4.51. The molecule has 2 aliphatic heterocycles. The Kier molecular flexibility index (Phi) is 2.34. The van der Waals surface area contributed by atoms with Crippen molar-refractivity contribution >= 4 is 5.91 Å².